The molecule has 2 N–H and O–H groups in total. The van der Waals surface area contributed by atoms with Crippen LogP contribution in [0.25, 0.3) is 0 Å². The average molecular weight is 482 g/mol. The molecular formula is C20H18ClN2O6S2+. The van der Waals surface area contributed by atoms with E-state index in [9.17, 15) is 26.8 Å². The predicted octanol–water partition coefficient (Wildman–Crippen LogP) is 2.61. The Morgan fingerprint density at radius 1 is 0.968 bits per heavy atom. The lowest BCUT2D eigenvalue weighted by molar-refractivity contribution is -0.908. The van der Waals surface area contributed by atoms with E-state index in [0.717, 1.165) is 23.1 Å². The first-order valence-electron chi connectivity index (χ1n) is 8.77. The number of sulfonamides is 1. The van der Waals surface area contributed by atoms with Crippen LogP contribution in [0.2, 0.25) is 5.02 Å². The van der Waals surface area contributed by atoms with Crippen molar-refractivity contribution < 1.29 is 31.6 Å². The number of aromatic nitrogens is 1. The predicted molar refractivity (Wildman–Crippen MR) is 114 cm³/mol. The van der Waals surface area contributed by atoms with Gasteiger partial charge in [-0.25, -0.2) is 16.8 Å². The number of hydrogen-bond acceptors (Lipinski definition) is 6. The number of halogens is 1. The Labute approximate surface area is 184 Å². The minimum atomic E-state index is -4.14. The molecule has 0 atom stereocenters. The summed E-state index contributed by atoms with van der Waals surface area (Å²) >= 11 is 6.01. The minimum Gasteiger partial charge on any atom is -0.288 e. The molecule has 8 nitrogen and oxygen atoms in total. The van der Waals surface area contributed by atoms with Crippen LogP contribution in [-0.2, 0) is 19.9 Å². The van der Waals surface area contributed by atoms with Crippen LogP contribution >= 0.6 is 11.6 Å². The molecule has 0 aliphatic carbocycles. The third-order valence-corrected chi connectivity index (χ3v) is 7.17. The fraction of sp³-hybridized carbons (Fsp3) is 0.100. The molecule has 1 heterocycles. The molecule has 0 saturated carbocycles. The number of benzene rings is 2. The van der Waals surface area contributed by atoms with E-state index >= 15 is 0 Å². The summed E-state index contributed by atoms with van der Waals surface area (Å²) in [5.74, 6) is -0.560. The first-order valence-corrected chi connectivity index (χ1v) is 12.5. The Morgan fingerprint density at radius 2 is 1.58 bits per heavy atom. The van der Waals surface area contributed by atoms with Gasteiger partial charge in [0.05, 0.1) is 21.0 Å². The number of anilines is 1. The number of hydrogen-bond donors (Lipinski definition) is 2. The summed E-state index contributed by atoms with van der Waals surface area (Å²) in [6.07, 6.45) is 2.22. The third-order valence-electron chi connectivity index (χ3n) is 4.42. The van der Waals surface area contributed by atoms with Gasteiger partial charge < -0.3 is 0 Å². The van der Waals surface area contributed by atoms with Gasteiger partial charge in [0.2, 0.25) is 17.7 Å². The van der Waals surface area contributed by atoms with Gasteiger partial charge in [0.1, 0.15) is 0 Å². The van der Waals surface area contributed by atoms with Crippen molar-refractivity contribution in [1.29, 1.82) is 0 Å². The number of rotatable bonds is 6. The number of carbonyl (C=O) groups is 1. The Balaban J connectivity index is 2.00. The third kappa shape index (κ3) is 5.04. The fourth-order valence-corrected chi connectivity index (χ4v) is 4.60. The number of sulfone groups is 1. The van der Waals surface area contributed by atoms with Crippen molar-refractivity contribution in [1.82, 2.24) is 0 Å². The number of aryl methyl sites for hydroxylation is 1. The second-order valence-corrected chi connectivity index (χ2v) is 10.9. The summed E-state index contributed by atoms with van der Waals surface area (Å²) in [6.45, 7) is 1.64. The molecule has 162 valence electrons. The summed E-state index contributed by atoms with van der Waals surface area (Å²) in [6, 6.07) is 11.8. The van der Waals surface area contributed by atoms with E-state index in [0.29, 0.717) is 5.69 Å². The summed E-state index contributed by atoms with van der Waals surface area (Å²) in [5, 5.41) is 10.0. The van der Waals surface area contributed by atoms with Crippen molar-refractivity contribution in [3.8, 4) is 0 Å². The zero-order valence-electron chi connectivity index (χ0n) is 16.4. The van der Waals surface area contributed by atoms with Crippen molar-refractivity contribution in [2.45, 2.75) is 16.7 Å². The van der Waals surface area contributed by atoms with E-state index in [2.05, 4.69) is 4.72 Å². The van der Waals surface area contributed by atoms with Crippen LogP contribution in [-0.4, -0.2) is 34.1 Å². The van der Waals surface area contributed by atoms with Gasteiger partial charge in [-0.1, -0.05) is 11.6 Å². The van der Waals surface area contributed by atoms with Gasteiger partial charge in [-0.2, -0.15) is 0 Å². The van der Waals surface area contributed by atoms with E-state index in [4.69, 9.17) is 11.6 Å². The Bertz CT molecular complexity index is 1390. The maximum absolute atomic E-state index is 13.0. The van der Waals surface area contributed by atoms with Crippen LogP contribution in [0.5, 0.6) is 0 Å². The second-order valence-electron chi connectivity index (χ2n) is 6.77. The maximum Gasteiger partial charge on any atom is 0.261 e. The summed E-state index contributed by atoms with van der Waals surface area (Å²) < 4.78 is 51.9. The van der Waals surface area contributed by atoms with Crippen molar-refractivity contribution in [2.24, 2.45) is 0 Å². The molecule has 0 bridgehead atoms. The largest absolute Gasteiger partial charge is 0.288 e. The fourth-order valence-electron chi connectivity index (χ4n) is 2.72. The zero-order chi connectivity index (χ0) is 23.0. The van der Waals surface area contributed by atoms with E-state index in [1.807, 2.05) is 0 Å². The van der Waals surface area contributed by atoms with Crippen molar-refractivity contribution in [3.05, 3.63) is 82.6 Å². The van der Waals surface area contributed by atoms with Crippen molar-refractivity contribution in [3.63, 3.8) is 0 Å². The van der Waals surface area contributed by atoms with E-state index < -0.39 is 25.6 Å². The van der Waals surface area contributed by atoms with Gasteiger partial charge in [-0.05, 0) is 48.5 Å². The number of nitrogens with zero attached hydrogens (tertiary/aromatic N) is 1. The van der Waals surface area contributed by atoms with E-state index in [1.54, 1.807) is 6.92 Å². The van der Waals surface area contributed by atoms with Gasteiger partial charge in [-0.15, -0.1) is 0 Å². The molecule has 0 amide bonds. The molecule has 0 spiro atoms. The molecule has 0 radical (unpaired) electrons. The zero-order valence-corrected chi connectivity index (χ0v) is 18.8. The van der Waals surface area contributed by atoms with E-state index in [-0.39, 0.29) is 31.6 Å². The monoisotopic (exact) mass is 481 g/mol. The standard InChI is InChI=1S/C20H17ClN2O6S2/c1-13-3-4-14(12-23(13)25)20(24)18-11-15(21)5-10-19(18)22-31(28,29)17-8-6-16(7-9-17)30(2,26)27/h3-12H,1-2H3,(H-,22,24,25)/p+1. The number of nitrogens with one attached hydrogen (secondary N) is 1. The molecule has 11 heteroatoms. The normalized spacial score (nSPS) is 11.8. The highest BCUT2D eigenvalue weighted by Crippen LogP contribution is 2.26. The highest BCUT2D eigenvalue weighted by atomic mass is 35.5. The molecule has 3 aromatic rings. The topological polar surface area (TPSA) is 121 Å². The quantitative estimate of drug-likeness (QED) is 0.317. The van der Waals surface area contributed by atoms with Gasteiger partial charge in [-0.3, -0.25) is 14.7 Å². The van der Waals surface area contributed by atoms with Crippen molar-refractivity contribution in [2.75, 3.05) is 11.0 Å². The average Bonchev–Trinajstić information content (AvgIpc) is 2.70. The number of carbonyl (C=O) groups excluding carboxylic acids is 1. The maximum atomic E-state index is 13.0. The molecule has 1 aromatic heterocycles. The first kappa shape index (κ1) is 22.7. The van der Waals surface area contributed by atoms with Crippen LogP contribution in [0.15, 0.2) is 70.6 Å². The van der Waals surface area contributed by atoms with Gasteiger partial charge in [0.15, 0.2) is 9.84 Å². The summed E-state index contributed by atoms with van der Waals surface area (Å²) in [7, 11) is -7.62. The first-order chi connectivity index (χ1) is 14.4. The Morgan fingerprint density at radius 3 is 2.16 bits per heavy atom. The smallest absolute Gasteiger partial charge is 0.261 e. The number of pyridine rings is 1. The highest BCUT2D eigenvalue weighted by molar-refractivity contribution is 7.92. The van der Waals surface area contributed by atoms with Crippen LogP contribution in [0, 0.1) is 6.92 Å². The molecule has 2 aromatic carbocycles. The second kappa shape index (κ2) is 8.29. The summed E-state index contributed by atoms with van der Waals surface area (Å²) in [5.41, 5.74) is 0.578. The van der Waals surface area contributed by atoms with Gasteiger partial charge >= 0.3 is 0 Å². The van der Waals surface area contributed by atoms with Crippen LogP contribution < -0.4 is 9.45 Å². The molecule has 0 saturated heterocycles. The summed E-state index contributed by atoms with van der Waals surface area (Å²) in [4.78, 5) is 12.8. The lowest BCUT2D eigenvalue weighted by Gasteiger charge is -2.13. The molecule has 0 aliphatic rings. The molecule has 0 aliphatic heterocycles. The molecule has 0 unspecified atom stereocenters. The van der Waals surface area contributed by atoms with E-state index in [1.165, 1.54) is 48.7 Å². The Kier molecular flexibility index (Phi) is 6.08. The molecular weight excluding hydrogens is 464 g/mol. The van der Waals surface area contributed by atoms with Crippen LogP contribution in [0.4, 0.5) is 5.69 Å². The van der Waals surface area contributed by atoms with Crippen molar-refractivity contribution >= 4 is 42.9 Å². The van der Waals surface area contributed by atoms with Gasteiger partial charge in [0, 0.05) is 34.6 Å². The van der Waals surface area contributed by atoms with Crippen LogP contribution in [0.3, 0.4) is 0 Å². The molecule has 0 fully saturated rings. The molecule has 3 rings (SSSR count). The number of ketones is 1. The highest BCUT2D eigenvalue weighted by Gasteiger charge is 2.22. The van der Waals surface area contributed by atoms with Crippen LogP contribution in [0.1, 0.15) is 21.6 Å². The Hall–Kier alpha value is -2.95. The lowest BCUT2D eigenvalue weighted by Crippen LogP contribution is -2.34. The minimum absolute atomic E-state index is 0.0207. The SMILES string of the molecule is Cc1ccc(C(=O)c2cc(Cl)ccc2NS(=O)(=O)c2ccc(S(C)(=O)=O)cc2)c[n+]1O. The lowest BCUT2D eigenvalue weighted by atomic mass is 10.0. The molecule has 31 heavy (non-hydrogen) atoms. The van der Waals surface area contributed by atoms with Gasteiger partial charge in [0.25, 0.3) is 10.0 Å².